The summed E-state index contributed by atoms with van der Waals surface area (Å²) >= 11 is 0. The highest BCUT2D eigenvalue weighted by atomic mass is 15.4. The molecule has 0 aliphatic carbocycles. The van der Waals surface area contributed by atoms with Crippen LogP contribution in [-0.2, 0) is 0 Å². The number of aromatic nitrogens is 5. The van der Waals surface area contributed by atoms with Crippen molar-refractivity contribution in [1.29, 1.82) is 0 Å². The number of rotatable bonds is 1. The van der Waals surface area contributed by atoms with Crippen LogP contribution in [0, 0.1) is 0 Å². The molecule has 0 atom stereocenters. The molecule has 0 aliphatic heterocycles. The first-order valence-corrected chi connectivity index (χ1v) is 4.74. The van der Waals surface area contributed by atoms with Gasteiger partial charge in [0.1, 0.15) is 5.69 Å². The number of pyridine rings is 1. The minimum Gasteiger partial charge on any atom is -0.366 e. The predicted molar refractivity (Wildman–Crippen MR) is 58.4 cm³/mol. The number of nitrogens with zero attached hydrogens (tertiary/aromatic N) is 5. The van der Waals surface area contributed by atoms with E-state index in [0.29, 0.717) is 5.65 Å². The van der Waals surface area contributed by atoms with Crippen LogP contribution in [-0.4, -0.2) is 24.8 Å². The van der Waals surface area contributed by atoms with Gasteiger partial charge in [0.05, 0.1) is 5.69 Å². The molecular weight excluding hydrogens is 204 g/mol. The summed E-state index contributed by atoms with van der Waals surface area (Å²) in [4.78, 5) is 4.21. The lowest BCUT2D eigenvalue weighted by atomic mass is 10.2. The molecule has 3 heterocycles. The molecule has 0 aromatic carbocycles. The van der Waals surface area contributed by atoms with Crippen LogP contribution in [0.1, 0.15) is 0 Å². The van der Waals surface area contributed by atoms with Crippen LogP contribution < -0.4 is 5.73 Å². The second-order valence-corrected chi connectivity index (χ2v) is 3.26. The van der Waals surface area contributed by atoms with Crippen LogP contribution in [0.2, 0.25) is 0 Å². The van der Waals surface area contributed by atoms with E-state index in [2.05, 4.69) is 20.3 Å². The van der Waals surface area contributed by atoms with Crippen molar-refractivity contribution in [2.75, 3.05) is 5.73 Å². The van der Waals surface area contributed by atoms with Gasteiger partial charge in [-0.25, -0.2) is 0 Å². The third kappa shape index (κ3) is 1.28. The molecule has 0 saturated carbocycles. The minimum absolute atomic E-state index is 0.271. The summed E-state index contributed by atoms with van der Waals surface area (Å²) in [5.74, 6) is 0.271. The van der Waals surface area contributed by atoms with Gasteiger partial charge in [-0.1, -0.05) is 6.07 Å². The van der Waals surface area contributed by atoms with Gasteiger partial charge in [0, 0.05) is 6.20 Å². The molecule has 6 nitrogen and oxygen atoms in total. The van der Waals surface area contributed by atoms with E-state index in [1.807, 2.05) is 24.3 Å². The van der Waals surface area contributed by atoms with Gasteiger partial charge in [-0.2, -0.15) is 9.61 Å². The van der Waals surface area contributed by atoms with E-state index in [9.17, 15) is 0 Å². The van der Waals surface area contributed by atoms with Crippen LogP contribution in [0.3, 0.4) is 0 Å². The van der Waals surface area contributed by atoms with Gasteiger partial charge in [0.25, 0.3) is 0 Å². The van der Waals surface area contributed by atoms with Crippen LogP contribution in [0.25, 0.3) is 17.0 Å². The van der Waals surface area contributed by atoms with Crippen LogP contribution >= 0.6 is 0 Å². The molecule has 0 fully saturated rings. The van der Waals surface area contributed by atoms with E-state index in [1.165, 1.54) is 4.52 Å². The van der Waals surface area contributed by atoms with Crippen molar-refractivity contribution in [3.8, 4) is 11.4 Å². The molecule has 6 heteroatoms. The lowest BCUT2D eigenvalue weighted by molar-refractivity contribution is 0.942. The van der Waals surface area contributed by atoms with Gasteiger partial charge in [-0.05, 0) is 24.3 Å². The maximum absolute atomic E-state index is 5.63. The average Bonchev–Trinajstić information content (AvgIpc) is 2.72. The molecule has 0 bridgehead atoms. The van der Waals surface area contributed by atoms with Crippen molar-refractivity contribution in [3.63, 3.8) is 0 Å². The molecule has 3 rings (SSSR count). The zero-order valence-electron chi connectivity index (χ0n) is 8.28. The number of fused-ring (bicyclic) bond motifs is 1. The van der Waals surface area contributed by atoms with Crippen LogP contribution in [0.15, 0.2) is 36.5 Å². The van der Waals surface area contributed by atoms with Crippen molar-refractivity contribution in [3.05, 3.63) is 36.5 Å². The summed E-state index contributed by atoms with van der Waals surface area (Å²) < 4.78 is 1.49. The fourth-order valence-electron chi connectivity index (χ4n) is 1.46. The van der Waals surface area contributed by atoms with Gasteiger partial charge >= 0.3 is 0 Å². The first kappa shape index (κ1) is 8.78. The second-order valence-electron chi connectivity index (χ2n) is 3.26. The monoisotopic (exact) mass is 212 g/mol. The maximum atomic E-state index is 5.63. The molecule has 0 aliphatic rings. The highest BCUT2D eigenvalue weighted by Crippen LogP contribution is 2.14. The molecule has 78 valence electrons. The summed E-state index contributed by atoms with van der Waals surface area (Å²) in [5, 5.41) is 11.9. The number of anilines is 1. The Labute approximate surface area is 90.8 Å². The van der Waals surface area contributed by atoms with Gasteiger partial charge in [-0.15, -0.1) is 10.2 Å². The van der Waals surface area contributed by atoms with Gasteiger partial charge in [0.15, 0.2) is 5.65 Å². The van der Waals surface area contributed by atoms with Crippen molar-refractivity contribution >= 4 is 11.6 Å². The summed E-state index contributed by atoms with van der Waals surface area (Å²) in [5.41, 5.74) is 7.78. The summed E-state index contributed by atoms with van der Waals surface area (Å²) in [6.07, 6.45) is 1.72. The van der Waals surface area contributed by atoms with E-state index in [1.54, 1.807) is 12.3 Å². The summed E-state index contributed by atoms with van der Waals surface area (Å²) in [6, 6.07) is 9.29. The van der Waals surface area contributed by atoms with Crippen LogP contribution in [0.4, 0.5) is 5.95 Å². The topological polar surface area (TPSA) is 82.0 Å². The van der Waals surface area contributed by atoms with E-state index in [-0.39, 0.29) is 5.95 Å². The van der Waals surface area contributed by atoms with Crippen LogP contribution in [0.5, 0.6) is 0 Å². The van der Waals surface area contributed by atoms with E-state index in [4.69, 9.17) is 5.73 Å². The van der Waals surface area contributed by atoms with Gasteiger partial charge in [0.2, 0.25) is 5.95 Å². The largest absolute Gasteiger partial charge is 0.366 e. The van der Waals surface area contributed by atoms with Crippen molar-refractivity contribution in [2.24, 2.45) is 0 Å². The summed E-state index contributed by atoms with van der Waals surface area (Å²) in [7, 11) is 0. The summed E-state index contributed by atoms with van der Waals surface area (Å²) in [6.45, 7) is 0. The maximum Gasteiger partial charge on any atom is 0.243 e. The Morgan fingerprint density at radius 1 is 1.00 bits per heavy atom. The molecule has 3 aromatic rings. The van der Waals surface area contributed by atoms with E-state index >= 15 is 0 Å². The smallest absolute Gasteiger partial charge is 0.243 e. The Morgan fingerprint density at radius 3 is 2.75 bits per heavy atom. The normalized spacial score (nSPS) is 10.8. The fourth-order valence-corrected chi connectivity index (χ4v) is 1.46. The van der Waals surface area contributed by atoms with Crippen molar-refractivity contribution in [1.82, 2.24) is 24.8 Å². The first-order valence-electron chi connectivity index (χ1n) is 4.74. The second kappa shape index (κ2) is 3.27. The molecular formula is C10H8N6. The fraction of sp³-hybridized carbons (Fsp3) is 0. The Bertz CT molecular complexity index is 630. The molecule has 0 amide bonds. The zero-order chi connectivity index (χ0) is 11.0. The van der Waals surface area contributed by atoms with E-state index < -0.39 is 0 Å². The Morgan fingerprint density at radius 2 is 1.94 bits per heavy atom. The molecule has 3 aromatic heterocycles. The number of hydrogen-bond acceptors (Lipinski definition) is 5. The SMILES string of the molecule is Nc1nnc2ccc(-c3ccccn3)nn12. The third-order valence-corrected chi connectivity index (χ3v) is 2.21. The Kier molecular flexibility index (Phi) is 1.79. The molecule has 0 saturated heterocycles. The zero-order valence-corrected chi connectivity index (χ0v) is 8.28. The lowest BCUT2D eigenvalue weighted by Crippen LogP contribution is -2.00. The highest BCUT2D eigenvalue weighted by molar-refractivity contribution is 5.56. The Hall–Kier alpha value is -2.50. The van der Waals surface area contributed by atoms with Crippen molar-refractivity contribution < 1.29 is 0 Å². The minimum atomic E-state index is 0.271. The quantitative estimate of drug-likeness (QED) is 0.644. The average molecular weight is 212 g/mol. The number of nitrogen functional groups attached to an aromatic ring is 1. The predicted octanol–water partition coefficient (Wildman–Crippen LogP) is 0.768. The van der Waals surface area contributed by atoms with Gasteiger partial charge in [-0.3, -0.25) is 4.98 Å². The highest BCUT2D eigenvalue weighted by Gasteiger charge is 2.05. The Balaban J connectivity index is 2.22. The molecule has 2 N–H and O–H groups in total. The van der Waals surface area contributed by atoms with E-state index in [0.717, 1.165) is 11.4 Å². The number of nitrogens with two attached hydrogens (primary N) is 1. The molecule has 0 spiro atoms. The number of hydrogen-bond donors (Lipinski definition) is 1. The van der Waals surface area contributed by atoms with Gasteiger partial charge < -0.3 is 5.73 Å². The van der Waals surface area contributed by atoms with Crippen molar-refractivity contribution in [2.45, 2.75) is 0 Å². The molecule has 0 unspecified atom stereocenters. The standard InChI is InChI=1S/C10H8N6/c11-10-14-13-9-5-4-8(15-16(9)10)7-3-1-2-6-12-7/h1-6H,(H2,11,14). The molecule has 0 radical (unpaired) electrons. The lowest BCUT2D eigenvalue weighted by Gasteiger charge is -1.99. The third-order valence-electron chi connectivity index (χ3n) is 2.21. The molecule has 16 heavy (non-hydrogen) atoms. The first-order chi connectivity index (χ1) is 7.84.